The van der Waals surface area contributed by atoms with E-state index in [1.54, 1.807) is 0 Å². The van der Waals surface area contributed by atoms with Gasteiger partial charge in [-0.3, -0.25) is 0 Å². The van der Waals surface area contributed by atoms with Crippen LogP contribution in [0.3, 0.4) is 0 Å². The van der Waals surface area contributed by atoms with Gasteiger partial charge >= 0.3 is 0 Å². The van der Waals surface area contributed by atoms with Crippen LogP contribution in [-0.4, -0.2) is 20.3 Å². The highest BCUT2D eigenvalue weighted by Crippen LogP contribution is 2.30. The summed E-state index contributed by atoms with van der Waals surface area (Å²) in [6.07, 6.45) is -0.165. The van der Waals surface area contributed by atoms with Gasteiger partial charge in [-0.05, 0) is 88.0 Å². The molecule has 2 aromatic rings. The second-order valence-corrected chi connectivity index (χ2v) is 11.3. The minimum absolute atomic E-state index is 0.0858. The number of ether oxygens (including phenoxy) is 1. The average Bonchev–Trinajstić information content (AvgIpc) is 2.71. The monoisotopic (exact) mass is 354 g/mol. The van der Waals surface area contributed by atoms with E-state index in [0.717, 1.165) is 0 Å². The van der Waals surface area contributed by atoms with Gasteiger partial charge in [-0.2, -0.15) is 0 Å². The van der Waals surface area contributed by atoms with Crippen molar-refractivity contribution in [2.75, 3.05) is 0 Å². The Kier molecular flexibility index (Phi) is 4.69. The second kappa shape index (κ2) is 6.38. The fourth-order valence-electron chi connectivity index (χ4n) is 4.95. The molecule has 0 amide bonds. The van der Waals surface area contributed by atoms with E-state index < -0.39 is 8.32 Å². The fraction of sp³-hybridized carbons (Fsp3) is 0.455. The number of hydrogen-bond donors (Lipinski definition) is 0. The van der Waals surface area contributed by atoms with Gasteiger partial charge in [0.1, 0.15) is 6.29 Å². The molecule has 0 aliphatic carbocycles. The largest absolute Gasteiger partial charge is 0.381 e. The van der Waals surface area contributed by atoms with E-state index in [1.807, 2.05) is 6.92 Å². The molecule has 0 saturated carbocycles. The van der Waals surface area contributed by atoms with Crippen LogP contribution in [0.2, 0.25) is 0 Å². The Hall–Kier alpha value is -1.42. The number of aryl methyl sites for hydroxylation is 6. The molecule has 0 spiro atoms. The molecule has 1 saturated heterocycles. The summed E-state index contributed by atoms with van der Waals surface area (Å²) in [5.41, 5.74) is 8.00. The minimum atomic E-state index is -2.50. The normalized spacial score (nSPS) is 22.4. The third-order valence-corrected chi connectivity index (χ3v) is 10.5. The summed E-state index contributed by atoms with van der Waals surface area (Å²) in [5, 5.41) is 2.79. The maximum absolute atomic E-state index is 6.75. The molecule has 2 aromatic carbocycles. The van der Waals surface area contributed by atoms with E-state index in [9.17, 15) is 0 Å². The van der Waals surface area contributed by atoms with E-state index in [4.69, 9.17) is 9.16 Å². The van der Waals surface area contributed by atoms with Crippen molar-refractivity contribution in [2.24, 2.45) is 0 Å². The predicted octanol–water partition coefficient (Wildman–Crippen LogP) is 3.92. The fourth-order valence-corrected chi connectivity index (χ4v) is 10.0. The van der Waals surface area contributed by atoms with Gasteiger partial charge < -0.3 is 9.16 Å². The first-order valence-electron chi connectivity index (χ1n) is 9.16. The van der Waals surface area contributed by atoms with Crippen LogP contribution in [-0.2, 0) is 9.16 Å². The summed E-state index contributed by atoms with van der Waals surface area (Å²) < 4.78 is 13.0. The van der Waals surface area contributed by atoms with Crippen LogP contribution in [0.25, 0.3) is 0 Å². The van der Waals surface area contributed by atoms with Crippen molar-refractivity contribution in [3.63, 3.8) is 0 Å². The van der Waals surface area contributed by atoms with Gasteiger partial charge in [-0.1, -0.05) is 35.4 Å². The molecule has 1 aliphatic rings. The Bertz CT molecular complexity index is 721. The minimum Gasteiger partial charge on any atom is -0.381 e. The van der Waals surface area contributed by atoms with E-state index in [-0.39, 0.29) is 12.0 Å². The van der Waals surface area contributed by atoms with Crippen LogP contribution in [0.5, 0.6) is 0 Å². The average molecular weight is 355 g/mol. The highest BCUT2D eigenvalue weighted by Gasteiger charge is 2.55. The first-order valence-corrected chi connectivity index (χ1v) is 11.1. The van der Waals surface area contributed by atoms with Crippen molar-refractivity contribution >= 4 is 18.7 Å². The van der Waals surface area contributed by atoms with Crippen LogP contribution in [0, 0.1) is 41.5 Å². The van der Waals surface area contributed by atoms with Gasteiger partial charge in [-0.25, -0.2) is 0 Å². The van der Waals surface area contributed by atoms with Crippen LogP contribution in [0.1, 0.15) is 47.2 Å². The summed E-state index contributed by atoms with van der Waals surface area (Å²) in [4.78, 5) is 0. The molecule has 134 valence electrons. The Balaban J connectivity index is 2.39. The third-order valence-electron chi connectivity index (χ3n) is 5.42. The van der Waals surface area contributed by atoms with Crippen molar-refractivity contribution in [1.29, 1.82) is 0 Å². The second-order valence-electron chi connectivity index (χ2n) is 7.75. The molecule has 25 heavy (non-hydrogen) atoms. The molecule has 0 aromatic heterocycles. The molecule has 2 nitrogen and oxygen atoms in total. The molecule has 1 heterocycles. The van der Waals surface area contributed by atoms with Crippen LogP contribution in [0.15, 0.2) is 24.3 Å². The molecular formula is C22H30O2Si. The third kappa shape index (κ3) is 2.88. The molecule has 3 rings (SSSR count). The van der Waals surface area contributed by atoms with E-state index in [2.05, 4.69) is 72.7 Å². The van der Waals surface area contributed by atoms with Crippen molar-refractivity contribution in [3.05, 3.63) is 57.6 Å². The first kappa shape index (κ1) is 18.4. The lowest BCUT2D eigenvalue weighted by atomic mass is 10.1. The summed E-state index contributed by atoms with van der Waals surface area (Å²) >= 11 is 0. The first-order chi connectivity index (χ1) is 11.7. The van der Waals surface area contributed by atoms with Crippen LogP contribution >= 0.6 is 0 Å². The maximum atomic E-state index is 6.75. The lowest BCUT2D eigenvalue weighted by molar-refractivity contribution is -0.0283. The zero-order valence-electron chi connectivity index (χ0n) is 16.8. The van der Waals surface area contributed by atoms with Gasteiger partial charge in [0.2, 0.25) is 0 Å². The topological polar surface area (TPSA) is 18.5 Å². The molecule has 3 heteroatoms. The number of benzene rings is 2. The van der Waals surface area contributed by atoms with Gasteiger partial charge in [0.25, 0.3) is 8.32 Å². The van der Waals surface area contributed by atoms with Crippen molar-refractivity contribution in [3.8, 4) is 0 Å². The van der Waals surface area contributed by atoms with E-state index in [1.165, 1.54) is 43.8 Å². The molecule has 0 N–H and O–H groups in total. The zero-order valence-corrected chi connectivity index (χ0v) is 17.8. The summed E-state index contributed by atoms with van der Waals surface area (Å²) in [5.74, 6) is 0. The van der Waals surface area contributed by atoms with Gasteiger partial charge in [0.15, 0.2) is 0 Å². The van der Waals surface area contributed by atoms with Gasteiger partial charge in [-0.15, -0.1) is 0 Å². The standard InChI is InChI=1S/C22H30O2Si/c1-13-9-15(3)21(16(4)10-13)25(20(8)23-19(7)24-25)22-17(5)11-14(2)12-18(22)6/h9-12,19-20H,1-8H3. The molecule has 0 bridgehead atoms. The van der Waals surface area contributed by atoms with Gasteiger partial charge in [0.05, 0.1) is 5.73 Å². The highest BCUT2D eigenvalue weighted by molar-refractivity contribution is 6.99. The quantitative estimate of drug-likeness (QED) is 0.761. The molecule has 0 radical (unpaired) electrons. The SMILES string of the molecule is Cc1cc(C)c([Si]2(c3c(C)cc(C)cc3C)OC(C)OC2C)c(C)c1. The molecule has 1 fully saturated rings. The van der Waals surface area contributed by atoms with Crippen molar-refractivity contribution < 1.29 is 9.16 Å². The summed E-state index contributed by atoms with van der Waals surface area (Å²) in [6.45, 7) is 17.5. The van der Waals surface area contributed by atoms with Crippen molar-refractivity contribution in [2.45, 2.75) is 67.4 Å². The Morgan fingerprint density at radius 2 is 1.04 bits per heavy atom. The zero-order chi connectivity index (χ0) is 18.5. The van der Waals surface area contributed by atoms with E-state index in [0.29, 0.717) is 0 Å². The Morgan fingerprint density at radius 3 is 1.32 bits per heavy atom. The Labute approximate surface area is 153 Å². The van der Waals surface area contributed by atoms with Crippen LogP contribution < -0.4 is 10.4 Å². The summed E-state index contributed by atoms with van der Waals surface area (Å²) in [6, 6.07) is 9.15. The van der Waals surface area contributed by atoms with E-state index >= 15 is 0 Å². The molecule has 2 unspecified atom stereocenters. The number of rotatable bonds is 2. The smallest absolute Gasteiger partial charge is 0.288 e. The lowest BCUT2D eigenvalue weighted by Crippen LogP contribution is -2.68. The number of hydrogen-bond acceptors (Lipinski definition) is 2. The predicted molar refractivity (Wildman–Crippen MR) is 107 cm³/mol. The highest BCUT2D eigenvalue weighted by atomic mass is 28.4. The van der Waals surface area contributed by atoms with Gasteiger partial charge in [0, 0.05) is 0 Å². The molecular weight excluding hydrogens is 324 g/mol. The van der Waals surface area contributed by atoms with Crippen molar-refractivity contribution in [1.82, 2.24) is 0 Å². The molecule has 1 aliphatic heterocycles. The van der Waals surface area contributed by atoms with Crippen LogP contribution in [0.4, 0.5) is 0 Å². The lowest BCUT2D eigenvalue weighted by Gasteiger charge is -2.35. The maximum Gasteiger partial charge on any atom is 0.288 e. The Morgan fingerprint density at radius 1 is 0.680 bits per heavy atom. The summed E-state index contributed by atoms with van der Waals surface area (Å²) in [7, 11) is -2.50. The molecule has 2 atom stereocenters.